The first-order valence-electron chi connectivity index (χ1n) is 8.87. The highest BCUT2D eigenvalue weighted by Crippen LogP contribution is 2.46. The van der Waals surface area contributed by atoms with E-state index < -0.39 is 0 Å². The summed E-state index contributed by atoms with van der Waals surface area (Å²) >= 11 is 1.48. The van der Waals surface area contributed by atoms with Crippen molar-refractivity contribution in [3.63, 3.8) is 0 Å². The molecule has 0 spiro atoms. The first-order chi connectivity index (χ1) is 13.6. The van der Waals surface area contributed by atoms with E-state index in [1.165, 1.54) is 11.3 Å². The van der Waals surface area contributed by atoms with E-state index in [0.717, 1.165) is 27.9 Å². The van der Waals surface area contributed by atoms with E-state index in [1.54, 1.807) is 19.4 Å². The summed E-state index contributed by atoms with van der Waals surface area (Å²) in [6.07, 6.45) is 2.75. The summed E-state index contributed by atoms with van der Waals surface area (Å²) in [7, 11) is 1.62. The SMILES string of the molecule is COc1ccc(C2CC2COc2cc(NCc3nnc(C)s3)c(=O)[nH]n2)nc1. The highest BCUT2D eigenvalue weighted by atomic mass is 32.1. The highest BCUT2D eigenvalue weighted by molar-refractivity contribution is 7.11. The van der Waals surface area contributed by atoms with Crippen LogP contribution in [0.4, 0.5) is 5.69 Å². The van der Waals surface area contributed by atoms with Gasteiger partial charge in [-0.1, -0.05) is 11.3 Å². The van der Waals surface area contributed by atoms with Crippen molar-refractivity contribution >= 4 is 17.0 Å². The van der Waals surface area contributed by atoms with Crippen molar-refractivity contribution < 1.29 is 9.47 Å². The number of ether oxygens (including phenoxy) is 2. The van der Waals surface area contributed by atoms with Gasteiger partial charge < -0.3 is 14.8 Å². The third-order valence-corrected chi connectivity index (χ3v) is 5.36. The van der Waals surface area contributed by atoms with E-state index in [2.05, 4.69) is 30.7 Å². The summed E-state index contributed by atoms with van der Waals surface area (Å²) < 4.78 is 10.9. The number of anilines is 1. The third kappa shape index (κ3) is 4.28. The Hall–Kier alpha value is -3.01. The van der Waals surface area contributed by atoms with Gasteiger partial charge in [0, 0.05) is 23.6 Å². The number of pyridine rings is 1. The molecule has 10 heteroatoms. The van der Waals surface area contributed by atoms with Crippen LogP contribution in [-0.2, 0) is 6.54 Å². The molecule has 3 heterocycles. The lowest BCUT2D eigenvalue weighted by molar-refractivity contribution is 0.282. The Morgan fingerprint density at radius 2 is 2.25 bits per heavy atom. The molecule has 1 aliphatic carbocycles. The Bertz CT molecular complexity index is 1000. The van der Waals surface area contributed by atoms with Gasteiger partial charge in [0.1, 0.15) is 21.5 Å². The monoisotopic (exact) mass is 400 g/mol. The molecule has 1 fully saturated rings. The Morgan fingerprint density at radius 1 is 1.36 bits per heavy atom. The second kappa shape index (κ2) is 7.93. The van der Waals surface area contributed by atoms with Gasteiger partial charge in [0.05, 0.1) is 26.5 Å². The van der Waals surface area contributed by atoms with Gasteiger partial charge in [-0.2, -0.15) is 0 Å². The van der Waals surface area contributed by atoms with Crippen LogP contribution < -0.4 is 20.3 Å². The topological polar surface area (TPSA) is 115 Å². The van der Waals surface area contributed by atoms with Gasteiger partial charge in [0.15, 0.2) is 0 Å². The van der Waals surface area contributed by atoms with Gasteiger partial charge in [0.2, 0.25) is 5.88 Å². The van der Waals surface area contributed by atoms with Crippen LogP contribution in [0, 0.1) is 12.8 Å². The second-order valence-electron chi connectivity index (χ2n) is 6.55. The summed E-state index contributed by atoms with van der Waals surface area (Å²) in [5.74, 6) is 1.89. The molecule has 0 aliphatic heterocycles. The third-order valence-electron chi connectivity index (χ3n) is 4.52. The van der Waals surface area contributed by atoms with Crippen molar-refractivity contribution in [2.75, 3.05) is 19.0 Å². The average molecular weight is 400 g/mol. The maximum atomic E-state index is 12.0. The normalized spacial score (nSPS) is 17.9. The number of aromatic nitrogens is 5. The maximum absolute atomic E-state index is 12.0. The highest BCUT2D eigenvalue weighted by Gasteiger charge is 2.40. The van der Waals surface area contributed by atoms with Gasteiger partial charge in [-0.25, -0.2) is 5.10 Å². The average Bonchev–Trinajstić information content (AvgIpc) is 3.38. The zero-order chi connectivity index (χ0) is 19.5. The van der Waals surface area contributed by atoms with E-state index in [0.29, 0.717) is 36.6 Å². The van der Waals surface area contributed by atoms with E-state index in [-0.39, 0.29) is 5.56 Å². The molecule has 2 N–H and O–H groups in total. The number of rotatable bonds is 8. The van der Waals surface area contributed by atoms with Crippen molar-refractivity contribution in [3.05, 3.63) is 50.5 Å². The van der Waals surface area contributed by atoms with Gasteiger partial charge in [0.25, 0.3) is 5.56 Å². The molecular formula is C18H20N6O3S. The van der Waals surface area contributed by atoms with Crippen molar-refractivity contribution in [1.82, 2.24) is 25.4 Å². The molecule has 0 aromatic carbocycles. The summed E-state index contributed by atoms with van der Waals surface area (Å²) in [5, 5.41) is 19.2. The minimum atomic E-state index is -0.305. The van der Waals surface area contributed by atoms with Crippen LogP contribution >= 0.6 is 11.3 Å². The molecular weight excluding hydrogens is 380 g/mol. The van der Waals surface area contributed by atoms with Crippen LogP contribution in [0.3, 0.4) is 0 Å². The van der Waals surface area contributed by atoms with Gasteiger partial charge in [-0.05, 0) is 25.5 Å². The number of nitrogens with zero attached hydrogens (tertiary/aromatic N) is 4. The predicted octanol–water partition coefficient (Wildman–Crippen LogP) is 2.13. The minimum Gasteiger partial charge on any atom is -0.495 e. The molecule has 2 unspecified atom stereocenters. The number of hydrogen-bond acceptors (Lipinski definition) is 9. The number of hydrogen-bond donors (Lipinski definition) is 2. The molecule has 0 bridgehead atoms. The zero-order valence-corrected chi connectivity index (χ0v) is 16.3. The molecule has 3 aromatic heterocycles. The minimum absolute atomic E-state index is 0.305. The quantitative estimate of drug-likeness (QED) is 0.591. The molecule has 9 nitrogen and oxygen atoms in total. The van der Waals surface area contributed by atoms with Crippen LogP contribution in [-0.4, -0.2) is 39.1 Å². The zero-order valence-electron chi connectivity index (χ0n) is 15.5. The fourth-order valence-corrected chi connectivity index (χ4v) is 3.54. The second-order valence-corrected chi connectivity index (χ2v) is 7.82. The van der Waals surface area contributed by atoms with E-state index in [1.807, 2.05) is 19.1 Å². The lowest BCUT2D eigenvalue weighted by Crippen LogP contribution is -2.16. The molecule has 0 saturated heterocycles. The Labute approximate surface area is 165 Å². The van der Waals surface area contributed by atoms with Crippen LogP contribution in [0.25, 0.3) is 0 Å². The maximum Gasteiger partial charge on any atom is 0.287 e. The summed E-state index contributed by atoms with van der Waals surface area (Å²) in [5.41, 5.74) is 1.13. The number of H-pyrrole nitrogens is 1. The van der Waals surface area contributed by atoms with Crippen LogP contribution in [0.5, 0.6) is 11.6 Å². The number of methoxy groups -OCH3 is 1. The Balaban J connectivity index is 1.32. The van der Waals surface area contributed by atoms with Crippen LogP contribution in [0.2, 0.25) is 0 Å². The predicted molar refractivity (Wildman–Crippen MR) is 104 cm³/mol. The number of aromatic amines is 1. The lowest BCUT2D eigenvalue weighted by Gasteiger charge is -2.07. The molecule has 0 amide bonds. The lowest BCUT2D eigenvalue weighted by atomic mass is 10.2. The molecule has 1 aliphatic rings. The van der Waals surface area contributed by atoms with Crippen molar-refractivity contribution in [1.29, 1.82) is 0 Å². The summed E-state index contributed by atoms with van der Waals surface area (Å²) in [4.78, 5) is 16.4. The molecule has 4 rings (SSSR count). The Morgan fingerprint density at radius 3 is 2.96 bits per heavy atom. The molecule has 28 heavy (non-hydrogen) atoms. The fraction of sp³-hybridized carbons (Fsp3) is 0.389. The number of aryl methyl sites for hydroxylation is 1. The fourth-order valence-electron chi connectivity index (χ4n) is 2.89. The van der Waals surface area contributed by atoms with Gasteiger partial charge in [-0.15, -0.1) is 15.3 Å². The first-order valence-corrected chi connectivity index (χ1v) is 9.69. The number of nitrogens with one attached hydrogen (secondary N) is 2. The van der Waals surface area contributed by atoms with E-state index >= 15 is 0 Å². The van der Waals surface area contributed by atoms with Crippen molar-refractivity contribution in [2.45, 2.75) is 25.8 Å². The van der Waals surface area contributed by atoms with Gasteiger partial charge >= 0.3 is 0 Å². The molecule has 3 aromatic rings. The van der Waals surface area contributed by atoms with E-state index in [4.69, 9.17) is 9.47 Å². The first kappa shape index (κ1) is 18.4. The molecule has 2 atom stereocenters. The van der Waals surface area contributed by atoms with Crippen molar-refractivity contribution in [3.8, 4) is 11.6 Å². The Kier molecular flexibility index (Phi) is 5.20. The van der Waals surface area contributed by atoms with Crippen LogP contribution in [0.15, 0.2) is 29.2 Å². The summed E-state index contributed by atoms with van der Waals surface area (Å²) in [6, 6.07) is 5.51. The van der Waals surface area contributed by atoms with Crippen molar-refractivity contribution in [2.24, 2.45) is 5.92 Å². The summed E-state index contributed by atoms with van der Waals surface area (Å²) in [6.45, 7) is 2.83. The molecule has 0 radical (unpaired) electrons. The molecule has 146 valence electrons. The molecule has 1 saturated carbocycles. The smallest absolute Gasteiger partial charge is 0.287 e. The largest absolute Gasteiger partial charge is 0.495 e. The van der Waals surface area contributed by atoms with Gasteiger partial charge in [-0.3, -0.25) is 9.78 Å². The van der Waals surface area contributed by atoms with Crippen LogP contribution in [0.1, 0.15) is 28.0 Å². The standard InChI is InChI=1S/C18H20N6O3S/c1-10-21-23-17(28-10)8-20-15-6-16(22-24-18(15)25)27-9-11-5-13(11)14-4-3-12(26-2)7-19-14/h3-4,6-7,11,13H,5,8-9H2,1-2H3,(H,20,22)(H,24,25). The van der Waals surface area contributed by atoms with E-state index in [9.17, 15) is 4.79 Å².